The number of anilines is 1. The Morgan fingerprint density at radius 1 is 1.27 bits per heavy atom. The molecule has 0 radical (unpaired) electrons. The summed E-state index contributed by atoms with van der Waals surface area (Å²) < 4.78 is 1.93. The predicted octanol–water partition coefficient (Wildman–Crippen LogP) is 0.727. The Morgan fingerprint density at radius 2 is 2.12 bits per heavy atom. The highest BCUT2D eigenvalue weighted by molar-refractivity contribution is 5.94. The fourth-order valence-corrected chi connectivity index (χ4v) is 3.10. The largest absolute Gasteiger partial charge is 0.384 e. The van der Waals surface area contributed by atoms with Crippen LogP contribution >= 0.6 is 0 Å². The van der Waals surface area contributed by atoms with E-state index in [2.05, 4.69) is 15.4 Å². The zero-order valence-corrected chi connectivity index (χ0v) is 14.5. The van der Waals surface area contributed by atoms with E-state index in [4.69, 9.17) is 5.73 Å². The second-order valence-electron chi connectivity index (χ2n) is 6.89. The molecule has 0 saturated heterocycles. The Balaban J connectivity index is 1.37. The summed E-state index contributed by atoms with van der Waals surface area (Å²) in [5, 5.41) is 7.55. The maximum Gasteiger partial charge on any atom is 0.255 e. The Hall–Kier alpha value is -2.90. The summed E-state index contributed by atoms with van der Waals surface area (Å²) in [5.41, 5.74) is 8.00. The lowest BCUT2D eigenvalue weighted by molar-refractivity contribution is -0.121. The monoisotopic (exact) mass is 354 g/mol. The molecule has 4 rings (SSSR count). The predicted molar refractivity (Wildman–Crippen MR) is 95.1 cm³/mol. The zero-order chi connectivity index (χ0) is 18.1. The minimum Gasteiger partial charge on any atom is -0.384 e. The zero-order valence-electron chi connectivity index (χ0n) is 14.5. The van der Waals surface area contributed by atoms with Crippen molar-refractivity contribution in [3.63, 3.8) is 0 Å². The van der Waals surface area contributed by atoms with E-state index in [1.165, 1.54) is 6.20 Å². The highest BCUT2D eigenvalue weighted by atomic mass is 16.2. The van der Waals surface area contributed by atoms with Crippen LogP contribution in [0, 0.1) is 0 Å². The van der Waals surface area contributed by atoms with Crippen LogP contribution in [0.25, 0.3) is 0 Å². The number of aromatic nitrogens is 3. The summed E-state index contributed by atoms with van der Waals surface area (Å²) in [6.07, 6.45) is 4.77. The lowest BCUT2D eigenvalue weighted by atomic mass is 10.2. The van der Waals surface area contributed by atoms with Crippen molar-refractivity contribution in [2.45, 2.75) is 44.8 Å². The third-order valence-corrected chi connectivity index (χ3v) is 4.72. The normalized spacial score (nSPS) is 16.2. The molecule has 8 heteroatoms. The Labute approximate surface area is 151 Å². The molecule has 0 spiro atoms. The minimum absolute atomic E-state index is 0.0599. The van der Waals surface area contributed by atoms with Crippen LogP contribution in [-0.4, -0.2) is 44.1 Å². The molecule has 1 fully saturated rings. The number of nitrogens with zero attached hydrogens (tertiary/aromatic N) is 4. The van der Waals surface area contributed by atoms with Gasteiger partial charge in [0.1, 0.15) is 5.82 Å². The molecule has 3 N–H and O–H groups in total. The first-order valence-electron chi connectivity index (χ1n) is 8.94. The van der Waals surface area contributed by atoms with Crippen molar-refractivity contribution in [1.29, 1.82) is 0 Å². The van der Waals surface area contributed by atoms with E-state index >= 15 is 0 Å². The van der Waals surface area contributed by atoms with Crippen molar-refractivity contribution in [3.8, 4) is 0 Å². The first-order valence-corrected chi connectivity index (χ1v) is 8.94. The molecule has 3 heterocycles. The van der Waals surface area contributed by atoms with Gasteiger partial charge in [-0.2, -0.15) is 5.10 Å². The smallest absolute Gasteiger partial charge is 0.255 e. The molecular weight excluding hydrogens is 332 g/mol. The van der Waals surface area contributed by atoms with E-state index < -0.39 is 0 Å². The summed E-state index contributed by atoms with van der Waals surface area (Å²) in [7, 11) is 0. The van der Waals surface area contributed by atoms with Crippen LogP contribution in [0.1, 0.15) is 41.0 Å². The van der Waals surface area contributed by atoms with E-state index in [-0.39, 0.29) is 11.8 Å². The van der Waals surface area contributed by atoms with Crippen LogP contribution in [0.2, 0.25) is 0 Å². The lowest BCUT2D eigenvalue weighted by Crippen LogP contribution is -2.38. The van der Waals surface area contributed by atoms with Gasteiger partial charge in [-0.15, -0.1) is 0 Å². The quantitative estimate of drug-likeness (QED) is 0.823. The Morgan fingerprint density at radius 3 is 2.85 bits per heavy atom. The first-order chi connectivity index (χ1) is 12.6. The molecule has 0 unspecified atom stereocenters. The molecule has 0 bridgehead atoms. The molecule has 2 amide bonds. The lowest BCUT2D eigenvalue weighted by Gasteiger charge is -2.27. The Bertz CT molecular complexity index is 825. The van der Waals surface area contributed by atoms with E-state index in [1.54, 1.807) is 17.0 Å². The van der Waals surface area contributed by atoms with Crippen molar-refractivity contribution in [1.82, 2.24) is 25.0 Å². The van der Waals surface area contributed by atoms with E-state index in [0.29, 0.717) is 49.9 Å². The number of carbonyl (C=O) groups excluding carboxylic acids is 2. The third-order valence-electron chi connectivity index (χ3n) is 4.72. The summed E-state index contributed by atoms with van der Waals surface area (Å²) in [6.45, 7) is 1.75. The number of fused-ring (bicyclic) bond motifs is 1. The number of nitrogen functional groups attached to an aromatic ring is 1. The van der Waals surface area contributed by atoms with Crippen molar-refractivity contribution in [3.05, 3.63) is 41.3 Å². The second kappa shape index (κ2) is 6.78. The number of hydrogen-bond acceptors (Lipinski definition) is 5. The molecule has 1 aliphatic heterocycles. The van der Waals surface area contributed by atoms with Gasteiger partial charge in [0.05, 0.1) is 30.0 Å². The SMILES string of the molecule is Nc1ccc(C(=O)N2CCn3nc(CCC(=O)NC4CC4)cc3C2)cn1. The first kappa shape index (κ1) is 16.6. The van der Waals surface area contributed by atoms with Gasteiger partial charge in [-0.25, -0.2) is 4.98 Å². The average molecular weight is 354 g/mol. The van der Waals surface area contributed by atoms with Gasteiger partial charge in [-0.1, -0.05) is 0 Å². The van der Waals surface area contributed by atoms with Crippen LogP contribution < -0.4 is 11.1 Å². The van der Waals surface area contributed by atoms with Gasteiger partial charge in [0.25, 0.3) is 5.91 Å². The topological polar surface area (TPSA) is 106 Å². The summed E-state index contributed by atoms with van der Waals surface area (Å²) in [6, 6.07) is 5.71. The molecule has 2 aromatic rings. The second-order valence-corrected chi connectivity index (χ2v) is 6.89. The van der Waals surface area contributed by atoms with E-state index in [0.717, 1.165) is 24.2 Å². The van der Waals surface area contributed by atoms with Crippen LogP contribution in [0.5, 0.6) is 0 Å². The fourth-order valence-electron chi connectivity index (χ4n) is 3.10. The van der Waals surface area contributed by atoms with Gasteiger partial charge >= 0.3 is 0 Å². The summed E-state index contributed by atoms with van der Waals surface area (Å²) in [5.74, 6) is 0.426. The fraction of sp³-hybridized carbons (Fsp3) is 0.444. The highest BCUT2D eigenvalue weighted by Crippen LogP contribution is 2.19. The standard InChI is InChI=1S/C18H22N6O2/c19-16-5-1-12(10-20-16)18(26)23-7-8-24-15(11-23)9-14(22-24)4-6-17(25)21-13-2-3-13/h1,5,9-10,13H,2-4,6-8,11H2,(H2,19,20)(H,21,25). The number of carbonyl (C=O) groups is 2. The van der Waals surface area contributed by atoms with E-state index in [9.17, 15) is 9.59 Å². The molecule has 8 nitrogen and oxygen atoms in total. The molecule has 2 aliphatic rings. The maximum atomic E-state index is 12.6. The molecule has 2 aromatic heterocycles. The van der Waals surface area contributed by atoms with Crippen molar-refractivity contribution in [2.24, 2.45) is 0 Å². The molecule has 1 saturated carbocycles. The molecular formula is C18H22N6O2. The highest BCUT2D eigenvalue weighted by Gasteiger charge is 2.25. The minimum atomic E-state index is -0.0599. The van der Waals surface area contributed by atoms with Gasteiger partial charge in [0.2, 0.25) is 5.91 Å². The summed E-state index contributed by atoms with van der Waals surface area (Å²) in [4.78, 5) is 30.2. The number of rotatable bonds is 5. The Kier molecular flexibility index (Phi) is 4.32. The number of aryl methyl sites for hydroxylation is 1. The number of amides is 2. The van der Waals surface area contributed by atoms with Gasteiger partial charge in [-0.05, 0) is 31.0 Å². The van der Waals surface area contributed by atoms with Crippen LogP contribution in [-0.2, 0) is 24.3 Å². The van der Waals surface area contributed by atoms with Crippen LogP contribution in [0.15, 0.2) is 24.4 Å². The average Bonchev–Trinajstić information content (AvgIpc) is 3.35. The number of nitrogens with one attached hydrogen (secondary N) is 1. The van der Waals surface area contributed by atoms with Gasteiger partial charge in [0.15, 0.2) is 0 Å². The van der Waals surface area contributed by atoms with E-state index in [1.807, 2.05) is 10.7 Å². The van der Waals surface area contributed by atoms with Gasteiger partial charge < -0.3 is 16.0 Å². The van der Waals surface area contributed by atoms with Gasteiger partial charge in [0, 0.05) is 31.6 Å². The van der Waals surface area contributed by atoms with Gasteiger partial charge in [-0.3, -0.25) is 14.3 Å². The molecule has 26 heavy (non-hydrogen) atoms. The number of pyridine rings is 1. The molecule has 136 valence electrons. The number of hydrogen-bond donors (Lipinski definition) is 2. The maximum absolute atomic E-state index is 12.6. The van der Waals surface area contributed by atoms with Crippen LogP contribution in [0.3, 0.4) is 0 Å². The van der Waals surface area contributed by atoms with Crippen molar-refractivity contribution >= 4 is 17.6 Å². The van der Waals surface area contributed by atoms with Crippen LogP contribution in [0.4, 0.5) is 5.82 Å². The van der Waals surface area contributed by atoms with Crippen molar-refractivity contribution in [2.75, 3.05) is 12.3 Å². The van der Waals surface area contributed by atoms with Crippen molar-refractivity contribution < 1.29 is 9.59 Å². The summed E-state index contributed by atoms with van der Waals surface area (Å²) >= 11 is 0. The molecule has 0 atom stereocenters. The third kappa shape index (κ3) is 3.68. The number of nitrogens with two attached hydrogens (primary N) is 1. The molecule has 1 aliphatic carbocycles. The molecule has 0 aromatic carbocycles.